The summed E-state index contributed by atoms with van der Waals surface area (Å²) in [6, 6.07) is 5.46. The number of aryl methyl sites for hydroxylation is 3. The monoisotopic (exact) mass is 483 g/mol. The zero-order valence-electron chi connectivity index (χ0n) is 18.8. The van der Waals surface area contributed by atoms with Crippen LogP contribution in [0.15, 0.2) is 38.8 Å². The lowest BCUT2D eigenvalue weighted by Crippen LogP contribution is -2.25. The van der Waals surface area contributed by atoms with Crippen LogP contribution in [-0.4, -0.2) is 31.0 Å². The molecule has 5 rings (SSSR count). The van der Waals surface area contributed by atoms with Crippen LogP contribution in [0.4, 0.5) is 5.82 Å². The van der Waals surface area contributed by atoms with Gasteiger partial charge >= 0.3 is 0 Å². The van der Waals surface area contributed by atoms with Gasteiger partial charge in [0.15, 0.2) is 5.16 Å². The van der Waals surface area contributed by atoms with Crippen LogP contribution < -0.4 is 10.9 Å². The maximum Gasteiger partial charge on any atom is 0.263 e. The molecule has 1 aliphatic carbocycles. The third-order valence-electron chi connectivity index (χ3n) is 5.88. The van der Waals surface area contributed by atoms with Crippen molar-refractivity contribution < 1.29 is 9.21 Å². The number of rotatable bonds is 6. The van der Waals surface area contributed by atoms with Crippen LogP contribution in [0.2, 0.25) is 0 Å². The number of thioether (sulfide) groups is 1. The van der Waals surface area contributed by atoms with Gasteiger partial charge in [-0.05, 0) is 49.8 Å². The number of hydrogen-bond donors (Lipinski definition) is 1. The SMILES string of the molecule is Cc1cc(NC(=O)CSc2nc3sc4c(c3c(=O)n2Cc2ccco2)CCC(C)C4)n(C)n1. The lowest BCUT2D eigenvalue weighted by molar-refractivity contribution is -0.113. The largest absolute Gasteiger partial charge is 0.467 e. The van der Waals surface area contributed by atoms with Crippen molar-refractivity contribution in [2.75, 3.05) is 11.1 Å². The molecule has 1 atom stereocenters. The van der Waals surface area contributed by atoms with E-state index in [1.807, 2.05) is 19.1 Å². The van der Waals surface area contributed by atoms with Crippen molar-refractivity contribution in [2.24, 2.45) is 13.0 Å². The standard InChI is InChI=1S/C23H25N5O3S2/c1-13-6-7-16-17(9-13)33-21-20(16)22(30)28(11-15-5-4-8-31-15)23(25-21)32-12-19(29)24-18-10-14(2)26-27(18)3/h4-5,8,10,13H,6-7,9,11-12H2,1-3H3,(H,24,29). The van der Waals surface area contributed by atoms with Gasteiger partial charge in [-0.2, -0.15) is 5.10 Å². The summed E-state index contributed by atoms with van der Waals surface area (Å²) in [5.41, 5.74) is 1.92. The van der Waals surface area contributed by atoms with Crippen LogP contribution in [0.5, 0.6) is 0 Å². The van der Waals surface area contributed by atoms with Crippen molar-refractivity contribution in [1.29, 1.82) is 0 Å². The average Bonchev–Trinajstić information content (AvgIpc) is 3.47. The number of hydrogen-bond acceptors (Lipinski definition) is 7. The van der Waals surface area contributed by atoms with Crippen LogP contribution in [0, 0.1) is 12.8 Å². The van der Waals surface area contributed by atoms with Crippen molar-refractivity contribution in [3.8, 4) is 0 Å². The third kappa shape index (κ3) is 4.37. The molecule has 4 aromatic rings. The van der Waals surface area contributed by atoms with E-state index in [9.17, 15) is 9.59 Å². The van der Waals surface area contributed by atoms with E-state index in [0.717, 1.165) is 40.7 Å². The van der Waals surface area contributed by atoms with Crippen LogP contribution in [0.1, 0.15) is 35.2 Å². The molecule has 0 fully saturated rings. The highest BCUT2D eigenvalue weighted by Crippen LogP contribution is 2.36. The van der Waals surface area contributed by atoms with Gasteiger partial charge in [0.2, 0.25) is 5.91 Å². The van der Waals surface area contributed by atoms with E-state index in [1.54, 1.807) is 40.0 Å². The lowest BCUT2D eigenvalue weighted by atomic mass is 9.89. The second-order valence-corrected chi connectivity index (χ2v) is 10.6. The molecule has 4 heterocycles. The van der Waals surface area contributed by atoms with Gasteiger partial charge in [-0.1, -0.05) is 18.7 Å². The van der Waals surface area contributed by atoms with E-state index in [4.69, 9.17) is 9.40 Å². The summed E-state index contributed by atoms with van der Waals surface area (Å²) in [4.78, 5) is 33.1. The third-order valence-corrected chi connectivity index (χ3v) is 8.00. The molecule has 172 valence electrons. The zero-order chi connectivity index (χ0) is 23.1. The highest BCUT2D eigenvalue weighted by Gasteiger charge is 2.25. The van der Waals surface area contributed by atoms with E-state index in [0.29, 0.717) is 22.7 Å². The fourth-order valence-corrected chi connectivity index (χ4v) is 6.47. The summed E-state index contributed by atoms with van der Waals surface area (Å²) >= 11 is 2.88. The molecule has 0 spiro atoms. The predicted molar refractivity (Wildman–Crippen MR) is 130 cm³/mol. The quantitative estimate of drug-likeness (QED) is 0.329. The molecule has 0 saturated heterocycles. The van der Waals surface area contributed by atoms with Gasteiger partial charge in [0, 0.05) is 18.0 Å². The molecule has 4 aromatic heterocycles. The summed E-state index contributed by atoms with van der Waals surface area (Å²) in [5, 5.41) is 8.37. The first-order chi connectivity index (χ1) is 15.9. The van der Waals surface area contributed by atoms with Gasteiger partial charge in [-0.3, -0.25) is 18.8 Å². The number of amides is 1. The molecular formula is C23H25N5O3S2. The molecule has 33 heavy (non-hydrogen) atoms. The molecule has 8 nitrogen and oxygen atoms in total. The Hall–Kier alpha value is -2.85. The van der Waals surface area contributed by atoms with Gasteiger partial charge in [0.05, 0.1) is 29.6 Å². The summed E-state index contributed by atoms with van der Waals surface area (Å²) in [7, 11) is 1.78. The minimum absolute atomic E-state index is 0.0615. The lowest BCUT2D eigenvalue weighted by Gasteiger charge is -2.17. The molecule has 1 N–H and O–H groups in total. The molecular weight excluding hydrogens is 458 g/mol. The number of carbonyl (C=O) groups excluding carboxylic acids is 1. The molecule has 0 aliphatic heterocycles. The van der Waals surface area contributed by atoms with Crippen molar-refractivity contribution in [3.05, 3.63) is 56.7 Å². The van der Waals surface area contributed by atoms with E-state index >= 15 is 0 Å². The van der Waals surface area contributed by atoms with E-state index in [1.165, 1.54) is 16.6 Å². The van der Waals surface area contributed by atoms with Gasteiger partial charge < -0.3 is 9.73 Å². The molecule has 1 amide bonds. The number of fused-ring (bicyclic) bond motifs is 3. The van der Waals surface area contributed by atoms with Crippen LogP contribution in [0.3, 0.4) is 0 Å². The van der Waals surface area contributed by atoms with E-state index in [-0.39, 0.29) is 23.8 Å². The first-order valence-corrected chi connectivity index (χ1v) is 12.7. The fraction of sp³-hybridized carbons (Fsp3) is 0.391. The number of anilines is 1. The average molecular weight is 484 g/mol. The number of thiophene rings is 1. The molecule has 1 unspecified atom stereocenters. The topological polar surface area (TPSA) is 95.0 Å². The summed E-state index contributed by atoms with van der Waals surface area (Å²) in [5.74, 6) is 1.87. The Morgan fingerprint density at radius 1 is 1.42 bits per heavy atom. The zero-order valence-corrected chi connectivity index (χ0v) is 20.4. The number of furan rings is 1. The summed E-state index contributed by atoms with van der Waals surface area (Å²) in [6.45, 7) is 4.40. The number of nitrogens with zero attached hydrogens (tertiary/aromatic N) is 4. The van der Waals surface area contributed by atoms with Crippen molar-refractivity contribution in [2.45, 2.75) is 44.8 Å². The number of carbonyl (C=O) groups is 1. The molecule has 0 bridgehead atoms. The second kappa shape index (κ2) is 8.83. The summed E-state index contributed by atoms with van der Waals surface area (Å²) < 4.78 is 8.77. The first kappa shape index (κ1) is 22.0. The van der Waals surface area contributed by atoms with Crippen LogP contribution in [-0.2, 0) is 31.2 Å². The smallest absolute Gasteiger partial charge is 0.263 e. The molecule has 0 saturated carbocycles. The van der Waals surface area contributed by atoms with Gasteiger partial charge in [-0.15, -0.1) is 11.3 Å². The summed E-state index contributed by atoms with van der Waals surface area (Å²) in [6.07, 6.45) is 4.58. The highest BCUT2D eigenvalue weighted by molar-refractivity contribution is 7.99. The Labute approximate surface area is 199 Å². The minimum Gasteiger partial charge on any atom is -0.467 e. The molecule has 0 radical (unpaired) electrons. The fourth-order valence-electron chi connectivity index (χ4n) is 4.25. The van der Waals surface area contributed by atoms with Gasteiger partial charge in [0.25, 0.3) is 5.56 Å². The maximum absolute atomic E-state index is 13.6. The number of aromatic nitrogens is 4. The Morgan fingerprint density at radius 2 is 2.27 bits per heavy atom. The maximum atomic E-state index is 13.6. The van der Waals surface area contributed by atoms with Crippen molar-refractivity contribution in [1.82, 2.24) is 19.3 Å². The highest BCUT2D eigenvalue weighted by atomic mass is 32.2. The predicted octanol–water partition coefficient (Wildman–Crippen LogP) is 4.00. The van der Waals surface area contributed by atoms with Crippen LogP contribution >= 0.6 is 23.1 Å². The first-order valence-electron chi connectivity index (χ1n) is 10.9. The Balaban J connectivity index is 1.47. The molecule has 0 aromatic carbocycles. The minimum atomic E-state index is -0.179. The second-order valence-electron chi connectivity index (χ2n) is 8.53. The molecule has 10 heteroatoms. The van der Waals surface area contributed by atoms with Crippen LogP contribution in [0.25, 0.3) is 10.2 Å². The Kier molecular flexibility index (Phi) is 5.88. The number of nitrogens with one attached hydrogen (secondary N) is 1. The normalized spacial score (nSPS) is 15.7. The van der Waals surface area contributed by atoms with Crippen molar-refractivity contribution in [3.63, 3.8) is 0 Å². The van der Waals surface area contributed by atoms with Gasteiger partial charge in [0.1, 0.15) is 16.4 Å². The van der Waals surface area contributed by atoms with E-state index in [2.05, 4.69) is 17.3 Å². The Bertz CT molecular complexity index is 1380. The molecule has 1 aliphatic rings. The van der Waals surface area contributed by atoms with Gasteiger partial charge in [-0.25, -0.2) is 4.98 Å². The van der Waals surface area contributed by atoms with E-state index < -0.39 is 0 Å². The van der Waals surface area contributed by atoms with Crippen molar-refractivity contribution >= 4 is 45.0 Å². The Morgan fingerprint density at radius 3 is 3.00 bits per heavy atom.